The molecular weight excluding hydrogens is 340 g/mol. The number of hydrogen-bond acceptors (Lipinski definition) is 7. The average Bonchev–Trinajstić information content (AvgIpc) is 2.63. The molecule has 27 heavy (non-hydrogen) atoms. The van der Waals surface area contributed by atoms with E-state index < -0.39 is 0 Å². The third kappa shape index (κ3) is 5.30. The van der Waals surface area contributed by atoms with E-state index in [1.165, 1.54) is 13.1 Å². The predicted octanol–water partition coefficient (Wildman–Crippen LogP) is 2.62. The van der Waals surface area contributed by atoms with Gasteiger partial charge in [0.25, 0.3) is 0 Å². The number of anilines is 3. The smallest absolute Gasteiger partial charge is 0.229 e. The maximum absolute atomic E-state index is 5.51. The van der Waals surface area contributed by atoms with Crippen molar-refractivity contribution in [3.05, 3.63) is 35.5 Å². The molecule has 2 heterocycles. The minimum atomic E-state index is 0.579. The topological polar surface area (TPSA) is 74.3 Å². The van der Waals surface area contributed by atoms with Gasteiger partial charge in [0, 0.05) is 62.8 Å². The first-order valence-corrected chi connectivity index (χ1v) is 9.48. The summed E-state index contributed by atoms with van der Waals surface area (Å²) >= 11 is 0. The zero-order valence-electron chi connectivity index (χ0n) is 16.7. The Morgan fingerprint density at radius 1 is 1.22 bits per heavy atom. The van der Waals surface area contributed by atoms with E-state index in [0.29, 0.717) is 5.95 Å². The number of aryl methyl sites for hydroxylation is 1. The van der Waals surface area contributed by atoms with E-state index in [1.54, 1.807) is 7.11 Å². The number of nitrogens with one attached hydrogen (secondary N) is 3. The summed E-state index contributed by atoms with van der Waals surface area (Å²) in [5.41, 5.74) is 2.96. The second-order valence-electron chi connectivity index (χ2n) is 7.16. The highest BCUT2D eigenvalue weighted by Crippen LogP contribution is 2.24. The Kier molecular flexibility index (Phi) is 6.47. The van der Waals surface area contributed by atoms with E-state index in [0.717, 1.165) is 54.1 Å². The normalized spacial score (nSPS) is 14.7. The van der Waals surface area contributed by atoms with Gasteiger partial charge >= 0.3 is 0 Å². The van der Waals surface area contributed by atoms with Crippen molar-refractivity contribution in [3.8, 4) is 5.75 Å². The van der Waals surface area contributed by atoms with Crippen LogP contribution in [0, 0.1) is 12.8 Å². The van der Waals surface area contributed by atoms with E-state index in [2.05, 4.69) is 43.8 Å². The van der Waals surface area contributed by atoms with Gasteiger partial charge in [0.2, 0.25) is 5.95 Å². The molecule has 0 amide bonds. The molecule has 1 aliphatic heterocycles. The molecule has 0 aliphatic carbocycles. The maximum atomic E-state index is 5.51. The van der Waals surface area contributed by atoms with Crippen LogP contribution in [0.25, 0.3) is 0 Å². The molecule has 0 unspecified atom stereocenters. The van der Waals surface area contributed by atoms with Crippen molar-refractivity contribution >= 4 is 17.5 Å². The van der Waals surface area contributed by atoms with Crippen LogP contribution < -0.4 is 20.7 Å². The predicted molar refractivity (Wildman–Crippen MR) is 110 cm³/mol. The van der Waals surface area contributed by atoms with Gasteiger partial charge < -0.3 is 25.6 Å². The molecule has 2 aromatic rings. The monoisotopic (exact) mass is 370 g/mol. The first-order valence-electron chi connectivity index (χ1n) is 9.48. The van der Waals surface area contributed by atoms with Crippen molar-refractivity contribution in [2.75, 3.05) is 51.0 Å². The van der Waals surface area contributed by atoms with Crippen LogP contribution in [-0.2, 0) is 6.54 Å². The van der Waals surface area contributed by atoms with Crippen LogP contribution in [0.5, 0.6) is 5.75 Å². The summed E-state index contributed by atoms with van der Waals surface area (Å²) in [5, 5.41) is 9.86. The van der Waals surface area contributed by atoms with Gasteiger partial charge in [-0.3, -0.25) is 0 Å². The van der Waals surface area contributed by atoms with Gasteiger partial charge in [-0.1, -0.05) is 6.92 Å². The lowest BCUT2D eigenvalue weighted by Crippen LogP contribution is -2.47. The Morgan fingerprint density at radius 3 is 2.74 bits per heavy atom. The Labute approximate surface area is 161 Å². The quantitative estimate of drug-likeness (QED) is 0.586. The highest BCUT2D eigenvalue weighted by Gasteiger charge is 2.21. The summed E-state index contributed by atoms with van der Waals surface area (Å²) in [6.45, 7) is 9.51. The van der Waals surface area contributed by atoms with Gasteiger partial charge in [-0.15, -0.1) is 0 Å². The largest absolute Gasteiger partial charge is 0.496 e. The van der Waals surface area contributed by atoms with Gasteiger partial charge in [-0.2, -0.15) is 4.98 Å². The average molecular weight is 371 g/mol. The third-order valence-electron chi connectivity index (χ3n) is 4.71. The third-order valence-corrected chi connectivity index (χ3v) is 4.71. The summed E-state index contributed by atoms with van der Waals surface area (Å²) in [7, 11) is 3.56. The molecule has 0 saturated carbocycles. The van der Waals surface area contributed by atoms with Crippen LogP contribution in [0.15, 0.2) is 24.3 Å². The van der Waals surface area contributed by atoms with E-state index >= 15 is 0 Å². The SMILES string of the molecule is CNc1cc(C)nc(Nc2ccc(OC)c(CNCCN3CC(C)C3)c2)n1. The highest BCUT2D eigenvalue weighted by atomic mass is 16.5. The lowest BCUT2D eigenvalue weighted by molar-refractivity contribution is 0.114. The number of aromatic nitrogens is 2. The number of ether oxygens (including phenoxy) is 1. The molecule has 146 valence electrons. The van der Waals surface area contributed by atoms with Crippen molar-refractivity contribution in [3.63, 3.8) is 0 Å². The van der Waals surface area contributed by atoms with Crippen molar-refractivity contribution in [2.45, 2.75) is 20.4 Å². The Morgan fingerprint density at radius 2 is 2.04 bits per heavy atom. The number of methoxy groups -OCH3 is 1. The minimum absolute atomic E-state index is 0.579. The molecule has 1 aromatic carbocycles. The molecule has 0 atom stereocenters. The summed E-state index contributed by atoms with van der Waals surface area (Å²) in [6, 6.07) is 7.95. The molecular formula is C20H30N6O. The molecule has 0 bridgehead atoms. The first kappa shape index (κ1) is 19.4. The van der Waals surface area contributed by atoms with Crippen molar-refractivity contribution in [2.24, 2.45) is 5.92 Å². The molecule has 1 aromatic heterocycles. The van der Waals surface area contributed by atoms with Crippen LogP contribution in [0.2, 0.25) is 0 Å². The molecule has 7 heteroatoms. The lowest BCUT2D eigenvalue weighted by Gasteiger charge is -2.37. The van der Waals surface area contributed by atoms with Gasteiger partial charge in [-0.05, 0) is 31.0 Å². The maximum Gasteiger partial charge on any atom is 0.229 e. The molecule has 0 radical (unpaired) electrons. The summed E-state index contributed by atoms with van der Waals surface area (Å²) in [6.07, 6.45) is 0. The number of nitrogens with zero attached hydrogens (tertiary/aromatic N) is 3. The molecule has 1 aliphatic rings. The van der Waals surface area contributed by atoms with Crippen LogP contribution in [0.3, 0.4) is 0 Å². The summed E-state index contributed by atoms with van der Waals surface area (Å²) < 4.78 is 5.51. The van der Waals surface area contributed by atoms with Gasteiger partial charge in [-0.25, -0.2) is 4.98 Å². The Bertz CT molecular complexity index is 760. The Hall–Kier alpha value is -2.38. The Balaban J connectivity index is 1.61. The number of rotatable bonds is 9. The van der Waals surface area contributed by atoms with E-state index in [-0.39, 0.29) is 0 Å². The number of hydrogen-bond donors (Lipinski definition) is 3. The molecule has 7 nitrogen and oxygen atoms in total. The van der Waals surface area contributed by atoms with Crippen LogP contribution >= 0.6 is 0 Å². The van der Waals surface area contributed by atoms with E-state index in [1.807, 2.05) is 32.2 Å². The second-order valence-corrected chi connectivity index (χ2v) is 7.16. The van der Waals surface area contributed by atoms with Crippen LogP contribution in [-0.4, -0.2) is 55.2 Å². The van der Waals surface area contributed by atoms with E-state index in [4.69, 9.17) is 4.74 Å². The van der Waals surface area contributed by atoms with Gasteiger partial charge in [0.05, 0.1) is 7.11 Å². The van der Waals surface area contributed by atoms with Crippen LogP contribution in [0.4, 0.5) is 17.5 Å². The molecule has 3 rings (SSSR count). The molecule has 0 spiro atoms. The van der Waals surface area contributed by atoms with Crippen molar-refractivity contribution in [1.29, 1.82) is 0 Å². The van der Waals surface area contributed by atoms with Gasteiger partial charge in [0.1, 0.15) is 11.6 Å². The fourth-order valence-electron chi connectivity index (χ4n) is 3.35. The zero-order valence-corrected chi connectivity index (χ0v) is 16.7. The number of likely N-dealkylation sites (tertiary alicyclic amines) is 1. The minimum Gasteiger partial charge on any atom is -0.496 e. The highest BCUT2D eigenvalue weighted by molar-refractivity contribution is 5.58. The van der Waals surface area contributed by atoms with Crippen molar-refractivity contribution < 1.29 is 4.74 Å². The van der Waals surface area contributed by atoms with E-state index in [9.17, 15) is 0 Å². The standard InChI is InChI=1S/C20H30N6O/c1-14-12-26(13-14)8-7-22-11-16-10-17(5-6-18(16)27-4)24-20-23-15(2)9-19(21-3)25-20/h5-6,9-10,14,22H,7-8,11-13H2,1-4H3,(H2,21,23,24,25). The van der Waals surface area contributed by atoms with Crippen LogP contribution in [0.1, 0.15) is 18.2 Å². The van der Waals surface area contributed by atoms with Gasteiger partial charge in [0.15, 0.2) is 0 Å². The van der Waals surface area contributed by atoms with Crippen molar-refractivity contribution in [1.82, 2.24) is 20.2 Å². The fourth-order valence-corrected chi connectivity index (χ4v) is 3.35. The zero-order chi connectivity index (χ0) is 19.2. The molecule has 1 saturated heterocycles. The first-order chi connectivity index (χ1) is 13.1. The summed E-state index contributed by atoms with van der Waals surface area (Å²) in [4.78, 5) is 11.4. The number of benzene rings is 1. The molecule has 3 N–H and O–H groups in total. The fraction of sp³-hybridized carbons (Fsp3) is 0.500. The lowest BCUT2D eigenvalue weighted by atomic mass is 10.0. The second kappa shape index (κ2) is 9.01. The summed E-state index contributed by atoms with van der Waals surface area (Å²) in [5.74, 6) is 3.10. The molecule has 1 fully saturated rings.